The minimum absolute atomic E-state index is 0.210. The maximum atomic E-state index is 12.7. The maximum absolute atomic E-state index is 12.7. The summed E-state index contributed by atoms with van der Waals surface area (Å²) in [5.41, 5.74) is 1.16. The number of carbonyl (C=O) groups is 1. The Morgan fingerprint density at radius 1 is 1.04 bits per heavy atom. The maximum Gasteiger partial charge on any atom is 0.416 e. The third kappa shape index (κ3) is 3.63. The van der Waals surface area contributed by atoms with E-state index in [9.17, 15) is 18.0 Å². The summed E-state index contributed by atoms with van der Waals surface area (Å²) in [6.07, 6.45) is -2.79. The lowest BCUT2D eigenvalue weighted by Gasteiger charge is -2.18. The van der Waals surface area contributed by atoms with E-state index < -0.39 is 11.7 Å². The summed E-state index contributed by atoms with van der Waals surface area (Å²) >= 11 is 0. The van der Waals surface area contributed by atoms with Gasteiger partial charge >= 0.3 is 6.18 Å². The van der Waals surface area contributed by atoms with E-state index in [-0.39, 0.29) is 12.5 Å². The minimum Gasteiger partial charge on any atom is -0.337 e. The van der Waals surface area contributed by atoms with Crippen LogP contribution in [0.1, 0.15) is 21.5 Å². The summed E-state index contributed by atoms with van der Waals surface area (Å²) in [5.74, 6) is -0.210. The Kier molecular flexibility index (Phi) is 4.44. The molecule has 1 amide bonds. The van der Waals surface area contributed by atoms with Crippen molar-refractivity contribution in [3.05, 3.63) is 77.5 Å². The Bertz CT molecular complexity index is 899. The van der Waals surface area contributed by atoms with Crippen LogP contribution < -0.4 is 0 Å². The summed E-state index contributed by atoms with van der Waals surface area (Å²) in [6, 6.07) is 13.8. The van der Waals surface area contributed by atoms with Gasteiger partial charge in [0.15, 0.2) is 0 Å². The summed E-state index contributed by atoms with van der Waals surface area (Å²) in [6.45, 7) is 0.216. The number of carbonyl (C=O) groups excluding carboxylic acids is 1. The van der Waals surface area contributed by atoms with Gasteiger partial charge in [-0.1, -0.05) is 30.3 Å². The lowest BCUT2D eigenvalue weighted by Crippen LogP contribution is -2.26. The normalized spacial score (nSPS) is 11.5. The molecule has 25 heavy (non-hydrogen) atoms. The number of fused-ring (bicyclic) bond motifs is 1. The minimum atomic E-state index is -4.36. The molecule has 0 atom stereocenters. The molecule has 6 heteroatoms. The molecule has 0 bridgehead atoms. The molecule has 3 nitrogen and oxygen atoms in total. The van der Waals surface area contributed by atoms with Crippen molar-refractivity contribution < 1.29 is 18.0 Å². The second kappa shape index (κ2) is 6.55. The van der Waals surface area contributed by atoms with E-state index in [1.807, 2.05) is 24.3 Å². The van der Waals surface area contributed by atoms with E-state index in [4.69, 9.17) is 0 Å². The van der Waals surface area contributed by atoms with Crippen molar-refractivity contribution in [2.24, 2.45) is 0 Å². The molecule has 0 aliphatic carbocycles. The van der Waals surface area contributed by atoms with Gasteiger partial charge in [-0.3, -0.25) is 9.78 Å². The molecular formula is C19H15F3N2O. The summed E-state index contributed by atoms with van der Waals surface area (Å²) < 4.78 is 37.8. The van der Waals surface area contributed by atoms with Gasteiger partial charge in [-0.05, 0) is 29.8 Å². The SMILES string of the molecule is CN(Cc1ccc(C(F)(F)F)cc1)C(=O)c1ccnc2ccccc12. The van der Waals surface area contributed by atoms with Crippen LogP contribution in [0.2, 0.25) is 0 Å². The Hall–Kier alpha value is -2.89. The van der Waals surface area contributed by atoms with E-state index in [0.717, 1.165) is 23.0 Å². The van der Waals surface area contributed by atoms with Gasteiger partial charge < -0.3 is 4.90 Å². The van der Waals surface area contributed by atoms with Crippen LogP contribution in [0.25, 0.3) is 10.9 Å². The first-order valence-corrected chi connectivity index (χ1v) is 7.61. The average Bonchev–Trinajstić information content (AvgIpc) is 2.60. The van der Waals surface area contributed by atoms with Gasteiger partial charge in [-0.15, -0.1) is 0 Å². The number of aromatic nitrogens is 1. The Labute approximate surface area is 142 Å². The quantitative estimate of drug-likeness (QED) is 0.700. The number of amides is 1. The van der Waals surface area contributed by atoms with Crippen LogP contribution in [-0.4, -0.2) is 22.8 Å². The van der Waals surface area contributed by atoms with Gasteiger partial charge in [0.05, 0.1) is 16.6 Å². The molecule has 2 aromatic carbocycles. The van der Waals surface area contributed by atoms with Gasteiger partial charge in [-0.25, -0.2) is 0 Å². The third-order valence-electron chi connectivity index (χ3n) is 3.93. The van der Waals surface area contributed by atoms with Crippen molar-refractivity contribution in [1.29, 1.82) is 0 Å². The molecule has 0 fully saturated rings. The van der Waals surface area contributed by atoms with E-state index in [1.54, 1.807) is 19.3 Å². The fourth-order valence-electron chi connectivity index (χ4n) is 2.63. The first kappa shape index (κ1) is 17.0. The molecule has 0 spiro atoms. The van der Waals surface area contributed by atoms with Crippen LogP contribution in [0, 0.1) is 0 Å². The predicted octanol–water partition coefficient (Wildman–Crippen LogP) is 4.53. The van der Waals surface area contributed by atoms with Crippen LogP contribution in [0.4, 0.5) is 13.2 Å². The monoisotopic (exact) mass is 344 g/mol. The number of hydrogen-bond donors (Lipinski definition) is 0. The molecule has 0 saturated heterocycles. The molecule has 0 aliphatic rings. The molecule has 0 unspecified atom stereocenters. The third-order valence-corrected chi connectivity index (χ3v) is 3.93. The fourth-order valence-corrected chi connectivity index (χ4v) is 2.63. The highest BCUT2D eigenvalue weighted by molar-refractivity contribution is 6.05. The van der Waals surface area contributed by atoms with Gasteiger partial charge in [0.1, 0.15) is 0 Å². The van der Waals surface area contributed by atoms with Gasteiger partial charge in [0, 0.05) is 25.2 Å². The van der Waals surface area contributed by atoms with Crippen molar-refractivity contribution in [2.45, 2.75) is 12.7 Å². The van der Waals surface area contributed by atoms with Crippen LogP contribution in [-0.2, 0) is 12.7 Å². The highest BCUT2D eigenvalue weighted by Crippen LogP contribution is 2.29. The van der Waals surface area contributed by atoms with Crippen LogP contribution in [0.15, 0.2) is 60.8 Å². The fraction of sp³-hybridized carbons (Fsp3) is 0.158. The van der Waals surface area contributed by atoms with E-state index >= 15 is 0 Å². The summed E-state index contributed by atoms with van der Waals surface area (Å²) in [5, 5.41) is 0.745. The molecule has 3 aromatic rings. The molecular weight excluding hydrogens is 329 g/mol. The Balaban J connectivity index is 1.81. The Morgan fingerprint density at radius 3 is 2.40 bits per heavy atom. The van der Waals surface area contributed by atoms with Crippen molar-refractivity contribution in [2.75, 3.05) is 7.05 Å². The number of halogens is 3. The van der Waals surface area contributed by atoms with Gasteiger partial charge in [0.25, 0.3) is 5.91 Å². The van der Waals surface area contributed by atoms with Crippen LogP contribution >= 0.6 is 0 Å². The number of benzene rings is 2. The number of pyridine rings is 1. The zero-order valence-electron chi connectivity index (χ0n) is 13.4. The molecule has 0 saturated carbocycles. The number of alkyl halides is 3. The zero-order chi connectivity index (χ0) is 18.0. The van der Waals surface area contributed by atoms with E-state index in [2.05, 4.69) is 4.98 Å². The highest BCUT2D eigenvalue weighted by atomic mass is 19.4. The number of rotatable bonds is 3. The predicted molar refractivity (Wildman–Crippen MR) is 89.0 cm³/mol. The first-order chi connectivity index (χ1) is 11.9. The molecule has 128 valence electrons. The van der Waals surface area contributed by atoms with Crippen molar-refractivity contribution in [3.8, 4) is 0 Å². The van der Waals surface area contributed by atoms with Crippen molar-refractivity contribution in [1.82, 2.24) is 9.88 Å². The topological polar surface area (TPSA) is 33.2 Å². The standard InChI is InChI=1S/C19H15F3N2O/c1-24(12-13-6-8-14(9-7-13)19(20,21)22)18(25)16-10-11-23-17-5-3-2-4-15(16)17/h2-11H,12H2,1H3. The summed E-state index contributed by atoms with van der Waals surface area (Å²) in [4.78, 5) is 18.4. The van der Waals surface area contributed by atoms with Crippen molar-refractivity contribution in [3.63, 3.8) is 0 Å². The first-order valence-electron chi connectivity index (χ1n) is 7.61. The molecule has 1 aromatic heterocycles. The average molecular weight is 344 g/mol. The molecule has 0 N–H and O–H groups in total. The molecule has 0 aliphatic heterocycles. The largest absolute Gasteiger partial charge is 0.416 e. The molecule has 3 rings (SSSR count). The van der Waals surface area contributed by atoms with Crippen molar-refractivity contribution >= 4 is 16.8 Å². The van der Waals surface area contributed by atoms with Gasteiger partial charge in [0.2, 0.25) is 0 Å². The molecule has 0 radical (unpaired) electrons. The van der Waals surface area contributed by atoms with E-state index in [1.165, 1.54) is 17.0 Å². The van der Waals surface area contributed by atoms with Gasteiger partial charge in [-0.2, -0.15) is 13.2 Å². The Morgan fingerprint density at radius 2 is 1.72 bits per heavy atom. The smallest absolute Gasteiger partial charge is 0.337 e. The second-order valence-corrected chi connectivity index (χ2v) is 5.73. The number of para-hydroxylation sites is 1. The molecule has 1 heterocycles. The lowest BCUT2D eigenvalue weighted by molar-refractivity contribution is -0.137. The van der Waals surface area contributed by atoms with Crippen LogP contribution in [0.5, 0.6) is 0 Å². The van der Waals surface area contributed by atoms with E-state index in [0.29, 0.717) is 11.1 Å². The second-order valence-electron chi connectivity index (χ2n) is 5.73. The number of nitrogens with zero attached hydrogens (tertiary/aromatic N) is 2. The van der Waals surface area contributed by atoms with Crippen LogP contribution in [0.3, 0.4) is 0 Å². The summed E-state index contributed by atoms with van der Waals surface area (Å²) in [7, 11) is 1.62. The zero-order valence-corrected chi connectivity index (χ0v) is 13.4. The highest BCUT2D eigenvalue weighted by Gasteiger charge is 2.30. The number of hydrogen-bond acceptors (Lipinski definition) is 2. The lowest BCUT2D eigenvalue weighted by atomic mass is 10.1.